The van der Waals surface area contributed by atoms with E-state index in [4.69, 9.17) is 24.2 Å². The molecule has 7 heterocycles. The molecule has 0 spiro atoms. The maximum atomic E-state index is 17.8. The first-order valence-electron chi connectivity index (χ1n) is 24.7. The van der Waals surface area contributed by atoms with Crippen molar-refractivity contribution >= 4 is 51.9 Å². The molecule has 0 bridgehead atoms. The van der Waals surface area contributed by atoms with Crippen molar-refractivity contribution in [2.45, 2.75) is 134 Å². The van der Waals surface area contributed by atoms with Gasteiger partial charge in [-0.25, -0.2) is 23.9 Å². The van der Waals surface area contributed by atoms with Crippen molar-refractivity contribution in [1.82, 2.24) is 44.9 Å². The van der Waals surface area contributed by atoms with Gasteiger partial charge in [-0.05, 0) is 113 Å². The van der Waals surface area contributed by atoms with Gasteiger partial charge in [0.25, 0.3) is 0 Å². The number of amides is 3. The van der Waals surface area contributed by atoms with Crippen molar-refractivity contribution in [3.8, 4) is 11.3 Å². The molecule has 2 saturated heterocycles. The summed E-state index contributed by atoms with van der Waals surface area (Å²) < 4.78 is 37.0. The zero-order chi connectivity index (χ0) is 48.5. The maximum absolute atomic E-state index is 17.8. The Morgan fingerprint density at radius 3 is 2.33 bits per heavy atom. The van der Waals surface area contributed by atoms with E-state index in [2.05, 4.69) is 81.2 Å². The van der Waals surface area contributed by atoms with E-state index in [0.717, 1.165) is 88.5 Å². The minimum absolute atomic E-state index is 0.0347. The molecule has 17 heteroatoms. The van der Waals surface area contributed by atoms with Gasteiger partial charge in [0.2, 0.25) is 12.1 Å². The number of hydrogen-bond acceptors (Lipinski definition) is 10. The van der Waals surface area contributed by atoms with Gasteiger partial charge in [0.15, 0.2) is 0 Å². The Balaban J connectivity index is 0.966. The summed E-state index contributed by atoms with van der Waals surface area (Å²) in [6, 6.07) is 7.35. The maximum Gasteiger partial charge on any atom is 0.407 e. The smallest absolute Gasteiger partial charge is 0.407 e. The second-order valence-corrected chi connectivity index (χ2v) is 22.6. The van der Waals surface area contributed by atoms with Crippen LogP contribution in [0.3, 0.4) is 0 Å². The summed E-state index contributed by atoms with van der Waals surface area (Å²) in [5.74, 6) is 2.63. The molecule has 4 aliphatic heterocycles. The SMILES string of the molecule is COC(=O)N[C@H](C(=O)N1CCC[C@H]1c1ncc(-c2ccc3c(c2)cc2n3C(C3=CCC(C)(C4CC4)S3)OC3=C2C(C)(F)CC(c2cnc([C@@H]4CCCN4C[C@@H](NC(=O)OC)C(C)C)[nH]2)=C3)[nH]1)C(C)C. The van der Waals surface area contributed by atoms with Crippen molar-refractivity contribution in [3.63, 3.8) is 0 Å². The van der Waals surface area contributed by atoms with Gasteiger partial charge in [-0.15, -0.1) is 11.8 Å². The molecule has 6 aliphatic rings. The van der Waals surface area contributed by atoms with Crippen LogP contribution in [0.5, 0.6) is 0 Å². The second kappa shape index (κ2) is 18.3. The number of hydrogen-bond donors (Lipinski definition) is 4. The van der Waals surface area contributed by atoms with E-state index in [-0.39, 0.29) is 47.0 Å². The number of ether oxygens (including phenoxy) is 3. The van der Waals surface area contributed by atoms with E-state index < -0.39 is 30.1 Å². The van der Waals surface area contributed by atoms with E-state index in [1.165, 1.54) is 27.1 Å². The summed E-state index contributed by atoms with van der Waals surface area (Å²) in [6.07, 6.45) is 13.5. The summed E-state index contributed by atoms with van der Waals surface area (Å²) in [6.45, 7) is 14.1. The number of benzene rings is 1. The number of carbonyl (C=O) groups excluding carboxylic acids is 3. The number of aromatic amines is 2. The predicted octanol–water partition coefficient (Wildman–Crippen LogP) is 9.96. The molecule has 1 saturated carbocycles. The molecule has 4 aromatic rings. The van der Waals surface area contributed by atoms with Crippen LogP contribution >= 0.6 is 11.8 Å². The Hall–Kier alpha value is -5.55. The fraction of sp³-hybridized carbons (Fsp3) is 0.558. The molecular weight excluding hydrogens is 898 g/mol. The third kappa shape index (κ3) is 8.86. The number of halogens is 1. The quantitative estimate of drug-likeness (QED) is 0.101. The summed E-state index contributed by atoms with van der Waals surface area (Å²) >= 11 is 1.91. The molecule has 15 nitrogen and oxygen atoms in total. The number of nitrogens with zero attached hydrogens (tertiary/aromatic N) is 5. The van der Waals surface area contributed by atoms with Crippen molar-refractivity contribution in [2.75, 3.05) is 33.9 Å². The molecule has 69 heavy (non-hydrogen) atoms. The zero-order valence-electron chi connectivity index (χ0n) is 41.0. The Labute approximate surface area is 407 Å². The zero-order valence-corrected chi connectivity index (χ0v) is 41.8. The number of rotatable bonds is 13. The molecular formula is C52H66FN9O6S. The number of alkyl halides is 1. The van der Waals surface area contributed by atoms with Gasteiger partial charge in [-0.2, -0.15) is 0 Å². The standard InChI is InChI=1S/C52H66FN9O6S/c1-28(2)36(58-49(64)66-7)27-60-19-9-11-38(60)45-54-26-35(57-45)32-23-41-43(51(5,53)24-32)40-22-31-21-30(13-16-37(31)62(40)48(68-41)42-17-18-52(6,69-42)33-14-15-33)34-25-55-46(56-34)39-12-10-20-61(39)47(63)44(29(3)4)59-50(65)67-8/h13,16-17,21-23,25-26,28-29,33,36,38-39,44,48H,9-12,14-15,18-20,24,27H2,1-8H3,(H,54,57)(H,55,56)(H,58,64)(H,59,65)/t36-,38+,39+,44+,48?,51?,52?/m1/s1. The lowest BCUT2D eigenvalue weighted by molar-refractivity contribution is -0.135. The van der Waals surface area contributed by atoms with Crippen LogP contribution in [0.25, 0.3) is 33.3 Å². The topological polar surface area (TPSA) is 172 Å². The largest absolute Gasteiger partial charge is 0.465 e. The van der Waals surface area contributed by atoms with Crippen LogP contribution < -0.4 is 10.6 Å². The Bertz CT molecular complexity index is 2750. The van der Waals surface area contributed by atoms with Crippen molar-refractivity contribution < 1.29 is 33.0 Å². The molecule has 10 rings (SSSR count). The number of aromatic nitrogens is 5. The van der Waals surface area contributed by atoms with E-state index >= 15 is 4.39 Å². The number of likely N-dealkylation sites (tertiary alicyclic amines) is 2. The number of imidazole rings is 2. The lowest BCUT2D eigenvalue weighted by atomic mass is 9.81. The highest BCUT2D eigenvalue weighted by Gasteiger charge is 2.49. The van der Waals surface area contributed by atoms with E-state index in [0.29, 0.717) is 36.2 Å². The molecule has 3 amide bonds. The molecule has 2 aliphatic carbocycles. The lowest BCUT2D eigenvalue weighted by Crippen LogP contribution is -2.51. The van der Waals surface area contributed by atoms with Crippen molar-refractivity contribution in [1.29, 1.82) is 0 Å². The van der Waals surface area contributed by atoms with Crippen LogP contribution in [-0.4, -0.2) is 109 Å². The molecule has 3 aromatic heterocycles. The first-order valence-corrected chi connectivity index (χ1v) is 25.6. The summed E-state index contributed by atoms with van der Waals surface area (Å²) in [4.78, 5) is 60.4. The average molecular weight is 964 g/mol. The van der Waals surface area contributed by atoms with Gasteiger partial charge in [-0.3, -0.25) is 9.69 Å². The van der Waals surface area contributed by atoms with Crippen LogP contribution in [0, 0.1) is 17.8 Å². The number of nitrogens with one attached hydrogen (secondary N) is 4. The predicted molar refractivity (Wildman–Crippen MR) is 264 cm³/mol. The molecule has 4 N–H and O–H groups in total. The summed E-state index contributed by atoms with van der Waals surface area (Å²) in [5, 5.41) is 6.69. The van der Waals surface area contributed by atoms with E-state index in [1.54, 1.807) is 6.92 Å². The van der Waals surface area contributed by atoms with Crippen molar-refractivity contribution in [2.24, 2.45) is 17.8 Å². The molecule has 0 radical (unpaired) electrons. The van der Waals surface area contributed by atoms with Crippen LogP contribution in [0.15, 0.2) is 59.5 Å². The number of H-pyrrole nitrogens is 2. The minimum Gasteiger partial charge on any atom is -0.465 e. The highest BCUT2D eigenvalue weighted by Crippen LogP contribution is 2.60. The van der Waals surface area contributed by atoms with Crippen LogP contribution in [0.2, 0.25) is 0 Å². The first-order chi connectivity index (χ1) is 33.0. The third-order valence-electron chi connectivity index (χ3n) is 15.4. The van der Waals surface area contributed by atoms with Crippen LogP contribution in [0.1, 0.15) is 134 Å². The highest BCUT2D eigenvalue weighted by molar-refractivity contribution is 8.04. The Morgan fingerprint density at radius 2 is 1.61 bits per heavy atom. The average Bonchev–Trinajstić information content (AvgIpc) is 3.99. The lowest BCUT2D eigenvalue weighted by Gasteiger charge is -2.39. The van der Waals surface area contributed by atoms with Gasteiger partial charge < -0.3 is 44.3 Å². The van der Waals surface area contributed by atoms with Crippen molar-refractivity contribution in [3.05, 3.63) is 82.5 Å². The van der Waals surface area contributed by atoms with Gasteiger partial charge in [0, 0.05) is 46.2 Å². The molecule has 368 valence electrons. The third-order valence-corrected chi connectivity index (χ3v) is 17.0. The highest BCUT2D eigenvalue weighted by atomic mass is 32.2. The first kappa shape index (κ1) is 47.1. The number of thioether (sulfide) groups is 1. The minimum atomic E-state index is -1.78. The normalized spacial score (nSPS) is 26.7. The number of carbonyl (C=O) groups is 3. The molecule has 1 aromatic carbocycles. The summed E-state index contributed by atoms with van der Waals surface area (Å²) in [7, 11) is 2.68. The molecule has 3 fully saturated rings. The monoisotopic (exact) mass is 963 g/mol. The van der Waals surface area contributed by atoms with Crippen LogP contribution in [-0.2, 0) is 19.0 Å². The molecule has 3 unspecified atom stereocenters. The fourth-order valence-electron chi connectivity index (χ4n) is 11.4. The van der Waals surface area contributed by atoms with E-state index in [1.807, 2.05) is 49.0 Å². The van der Waals surface area contributed by atoms with E-state index in [9.17, 15) is 14.4 Å². The van der Waals surface area contributed by atoms with Crippen LogP contribution in [0.4, 0.5) is 14.0 Å². The Morgan fingerprint density at radius 1 is 0.913 bits per heavy atom. The molecule has 7 atom stereocenters. The number of methoxy groups -OCH3 is 2. The van der Waals surface area contributed by atoms with Gasteiger partial charge >= 0.3 is 12.2 Å². The van der Waals surface area contributed by atoms with Gasteiger partial charge in [-0.1, -0.05) is 39.8 Å². The number of alkyl carbamates (subject to hydrolysis) is 2. The summed E-state index contributed by atoms with van der Waals surface area (Å²) in [5.41, 5.74) is 3.79. The second-order valence-electron chi connectivity index (χ2n) is 21.0. The fourth-order valence-corrected chi connectivity index (χ4v) is 12.9. The Kier molecular flexibility index (Phi) is 12.5. The number of allylic oxidation sites excluding steroid dienone is 4. The van der Waals surface area contributed by atoms with Gasteiger partial charge in [0.05, 0.1) is 66.9 Å². The van der Waals surface area contributed by atoms with Gasteiger partial charge in [0.1, 0.15) is 29.1 Å². The number of fused-ring (bicyclic) bond motifs is 4.